The highest BCUT2D eigenvalue weighted by Crippen LogP contribution is 2.23. The molecule has 0 heterocycles. The molecule has 0 spiro atoms. The fourth-order valence-electron chi connectivity index (χ4n) is 2.87. The summed E-state index contributed by atoms with van der Waals surface area (Å²) in [5.41, 5.74) is 0. The zero-order chi connectivity index (χ0) is 15.1. The molecule has 0 aromatic carbocycles. The molecule has 1 aliphatic rings. The van der Waals surface area contributed by atoms with Gasteiger partial charge in [0.05, 0.1) is 12.6 Å². The number of carbonyl (C=O) groups excluding carboxylic acids is 1. The van der Waals surface area contributed by atoms with Crippen molar-refractivity contribution in [1.29, 1.82) is 0 Å². The lowest BCUT2D eigenvalue weighted by Crippen LogP contribution is -2.51. The lowest BCUT2D eigenvalue weighted by Gasteiger charge is -2.32. The molecule has 1 aliphatic carbocycles. The van der Waals surface area contributed by atoms with Crippen LogP contribution in [0.5, 0.6) is 0 Å². The fraction of sp³-hybridized carbons (Fsp3) is 0.867. The van der Waals surface area contributed by atoms with Crippen LogP contribution in [0.15, 0.2) is 0 Å². The largest absolute Gasteiger partial charge is 0.480 e. The second-order valence-corrected chi connectivity index (χ2v) is 5.92. The zero-order valence-electron chi connectivity index (χ0n) is 13.3. The van der Waals surface area contributed by atoms with Gasteiger partial charge >= 0.3 is 5.97 Å². The van der Waals surface area contributed by atoms with Gasteiger partial charge in [-0.25, -0.2) is 0 Å². The van der Waals surface area contributed by atoms with Crippen molar-refractivity contribution < 1.29 is 14.7 Å². The predicted octanol–water partition coefficient (Wildman–Crippen LogP) is 2.29. The molecule has 1 saturated carbocycles. The smallest absolute Gasteiger partial charge is 0.317 e. The topological polar surface area (TPSA) is 69.6 Å². The van der Waals surface area contributed by atoms with Crippen LogP contribution in [-0.2, 0) is 9.59 Å². The molecule has 0 radical (unpaired) electrons. The van der Waals surface area contributed by atoms with E-state index in [2.05, 4.69) is 12.2 Å². The maximum atomic E-state index is 12.3. The number of hydrogen-bond donors (Lipinski definition) is 2. The third kappa shape index (κ3) is 6.66. The first-order chi connectivity index (χ1) is 9.45. The van der Waals surface area contributed by atoms with E-state index >= 15 is 0 Å². The normalized spacial score (nSPS) is 23.2. The minimum atomic E-state index is -0.885. The third-order valence-electron chi connectivity index (χ3n) is 4.22. The van der Waals surface area contributed by atoms with Gasteiger partial charge in [-0.15, -0.1) is 12.4 Å². The van der Waals surface area contributed by atoms with Crippen LogP contribution in [0.3, 0.4) is 0 Å². The predicted molar refractivity (Wildman–Crippen MR) is 85.8 cm³/mol. The Hall–Kier alpha value is -0.810. The van der Waals surface area contributed by atoms with Crippen LogP contribution in [0.4, 0.5) is 0 Å². The molecule has 1 fully saturated rings. The minimum Gasteiger partial charge on any atom is -0.480 e. The first kappa shape index (κ1) is 20.2. The summed E-state index contributed by atoms with van der Waals surface area (Å²) in [5, 5.41) is 12.0. The van der Waals surface area contributed by atoms with Crippen molar-refractivity contribution >= 4 is 24.3 Å². The molecule has 1 rings (SSSR count). The monoisotopic (exact) mass is 320 g/mol. The molecule has 21 heavy (non-hydrogen) atoms. The second kappa shape index (κ2) is 10.0. The Balaban J connectivity index is 0.00000400. The van der Waals surface area contributed by atoms with Crippen LogP contribution in [0.25, 0.3) is 0 Å². The molecule has 1 amide bonds. The van der Waals surface area contributed by atoms with Crippen LogP contribution in [0, 0.1) is 5.92 Å². The number of rotatable bonds is 7. The van der Waals surface area contributed by atoms with Gasteiger partial charge < -0.3 is 10.4 Å². The zero-order valence-corrected chi connectivity index (χ0v) is 14.1. The van der Waals surface area contributed by atoms with Gasteiger partial charge in [-0.3, -0.25) is 14.5 Å². The van der Waals surface area contributed by atoms with Crippen LogP contribution < -0.4 is 5.32 Å². The standard InChI is InChI=1S/C15H28N2O3.ClH/c1-4-9-17(10-14(18)19)12(3)15(20)16-13-8-6-5-7-11(13)2;/h11-13H,4-10H2,1-3H3,(H,16,20)(H,18,19);1H. The maximum Gasteiger partial charge on any atom is 0.317 e. The first-order valence-corrected chi connectivity index (χ1v) is 7.72. The van der Waals surface area contributed by atoms with E-state index in [1.54, 1.807) is 11.8 Å². The summed E-state index contributed by atoms with van der Waals surface area (Å²) in [4.78, 5) is 24.9. The molecule has 0 saturated heterocycles. The van der Waals surface area contributed by atoms with E-state index in [1.807, 2.05) is 6.92 Å². The third-order valence-corrected chi connectivity index (χ3v) is 4.22. The van der Waals surface area contributed by atoms with E-state index in [9.17, 15) is 9.59 Å². The Kier molecular flexibility index (Phi) is 9.62. The summed E-state index contributed by atoms with van der Waals surface area (Å²) in [7, 11) is 0. The Morgan fingerprint density at radius 2 is 1.95 bits per heavy atom. The van der Waals surface area contributed by atoms with Crippen molar-refractivity contribution in [1.82, 2.24) is 10.2 Å². The van der Waals surface area contributed by atoms with Gasteiger partial charge in [-0.05, 0) is 38.6 Å². The summed E-state index contributed by atoms with van der Waals surface area (Å²) < 4.78 is 0. The van der Waals surface area contributed by atoms with Crippen LogP contribution >= 0.6 is 12.4 Å². The molecular weight excluding hydrogens is 292 g/mol. The molecule has 0 aliphatic heterocycles. The number of amides is 1. The van der Waals surface area contributed by atoms with Gasteiger partial charge in [0.25, 0.3) is 0 Å². The average molecular weight is 321 g/mol. The van der Waals surface area contributed by atoms with Crippen molar-refractivity contribution in [3.8, 4) is 0 Å². The maximum absolute atomic E-state index is 12.3. The van der Waals surface area contributed by atoms with Crippen molar-refractivity contribution in [2.45, 2.75) is 65.0 Å². The number of carbonyl (C=O) groups is 2. The van der Waals surface area contributed by atoms with Crippen molar-refractivity contribution in [2.24, 2.45) is 5.92 Å². The molecule has 0 aromatic rings. The van der Waals surface area contributed by atoms with Crippen molar-refractivity contribution in [2.75, 3.05) is 13.1 Å². The number of carboxylic acid groups (broad SMARTS) is 1. The fourth-order valence-corrected chi connectivity index (χ4v) is 2.87. The average Bonchev–Trinajstić information content (AvgIpc) is 2.39. The quantitative estimate of drug-likeness (QED) is 0.755. The van der Waals surface area contributed by atoms with Crippen LogP contribution in [0.1, 0.15) is 52.9 Å². The molecule has 2 N–H and O–H groups in total. The van der Waals surface area contributed by atoms with E-state index < -0.39 is 5.97 Å². The summed E-state index contributed by atoms with van der Waals surface area (Å²) in [6, 6.07) is -0.146. The summed E-state index contributed by atoms with van der Waals surface area (Å²) >= 11 is 0. The summed E-state index contributed by atoms with van der Waals surface area (Å²) in [5.74, 6) is -0.415. The number of carboxylic acids is 1. The molecule has 6 heteroatoms. The number of halogens is 1. The Morgan fingerprint density at radius 1 is 1.33 bits per heavy atom. The first-order valence-electron chi connectivity index (χ1n) is 7.72. The highest BCUT2D eigenvalue weighted by Gasteiger charge is 2.27. The number of aliphatic carboxylic acids is 1. The minimum absolute atomic E-state index is 0. The van der Waals surface area contributed by atoms with E-state index in [0.29, 0.717) is 12.5 Å². The molecular formula is C15H29ClN2O3. The Morgan fingerprint density at radius 3 is 2.48 bits per heavy atom. The van der Waals surface area contributed by atoms with Gasteiger partial charge in [0, 0.05) is 6.04 Å². The summed E-state index contributed by atoms with van der Waals surface area (Å²) in [6.07, 6.45) is 5.44. The van der Waals surface area contributed by atoms with Gasteiger partial charge in [-0.1, -0.05) is 26.7 Å². The number of hydrogen-bond acceptors (Lipinski definition) is 3. The van der Waals surface area contributed by atoms with E-state index in [4.69, 9.17) is 5.11 Å². The lowest BCUT2D eigenvalue weighted by molar-refractivity contribution is -0.140. The van der Waals surface area contributed by atoms with Gasteiger partial charge in [-0.2, -0.15) is 0 Å². The molecule has 124 valence electrons. The van der Waals surface area contributed by atoms with E-state index in [-0.39, 0.29) is 36.9 Å². The molecule has 3 unspecified atom stereocenters. The Labute approximate surface area is 133 Å². The van der Waals surface area contributed by atoms with Gasteiger partial charge in [0.15, 0.2) is 0 Å². The highest BCUT2D eigenvalue weighted by molar-refractivity contribution is 5.85. The lowest BCUT2D eigenvalue weighted by atomic mass is 9.86. The van der Waals surface area contributed by atoms with Crippen molar-refractivity contribution in [3.63, 3.8) is 0 Å². The van der Waals surface area contributed by atoms with E-state index in [0.717, 1.165) is 25.7 Å². The molecule has 5 nitrogen and oxygen atoms in total. The Bertz CT molecular complexity index is 339. The van der Waals surface area contributed by atoms with Crippen molar-refractivity contribution in [3.05, 3.63) is 0 Å². The number of nitrogens with one attached hydrogen (secondary N) is 1. The summed E-state index contributed by atoms with van der Waals surface area (Å²) in [6.45, 7) is 6.50. The molecule has 3 atom stereocenters. The number of nitrogens with zero attached hydrogens (tertiary/aromatic N) is 1. The van der Waals surface area contributed by atoms with Gasteiger partial charge in [0.2, 0.25) is 5.91 Å². The van der Waals surface area contributed by atoms with Crippen LogP contribution in [0.2, 0.25) is 0 Å². The highest BCUT2D eigenvalue weighted by atomic mass is 35.5. The van der Waals surface area contributed by atoms with E-state index in [1.165, 1.54) is 6.42 Å². The van der Waals surface area contributed by atoms with Crippen LogP contribution in [-0.4, -0.2) is 47.1 Å². The SMILES string of the molecule is CCCN(CC(=O)O)C(C)C(=O)NC1CCCCC1C.Cl. The second-order valence-electron chi connectivity index (χ2n) is 5.92. The van der Waals surface area contributed by atoms with Gasteiger partial charge in [0.1, 0.15) is 0 Å². The molecule has 0 bridgehead atoms. The molecule has 0 aromatic heterocycles.